The number of aromatic nitrogens is 1. The van der Waals surface area contributed by atoms with Gasteiger partial charge < -0.3 is 0 Å². The minimum absolute atomic E-state index is 0.171. The first-order valence-electron chi connectivity index (χ1n) is 8.50. The second-order valence-corrected chi connectivity index (χ2v) is 4.30. The van der Waals surface area contributed by atoms with E-state index in [-0.39, 0.29) is 29.7 Å². The molecule has 0 unspecified atom stereocenters. The molecule has 2 aromatic carbocycles. The van der Waals surface area contributed by atoms with E-state index in [0.717, 1.165) is 16.8 Å². The average molecular weight is 250 g/mol. The van der Waals surface area contributed by atoms with Crippen molar-refractivity contribution in [2.24, 2.45) is 0 Å². The molecule has 0 aliphatic heterocycles. The predicted molar refractivity (Wildman–Crippen MR) is 79.8 cm³/mol. The van der Waals surface area contributed by atoms with Crippen LogP contribution in [-0.4, -0.2) is 4.98 Å². The maximum Gasteiger partial charge on any atom is 0.0702 e. The lowest BCUT2D eigenvalue weighted by Gasteiger charge is -2.04. The van der Waals surface area contributed by atoms with Crippen LogP contribution in [-0.2, 0) is 0 Å². The van der Waals surface area contributed by atoms with Gasteiger partial charge in [-0.05, 0) is 24.6 Å². The Balaban J connectivity index is 2.10. The highest BCUT2D eigenvalue weighted by Crippen LogP contribution is 2.22. The van der Waals surface area contributed by atoms with Gasteiger partial charge in [-0.25, -0.2) is 0 Å². The third kappa shape index (κ3) is 2.55. The Morgan fingerprint density at radius 3 is 2.42 bits per heavy atom. The number of nitrogens with zero attached hydrogens (tertiary/aromatic N) is 1. The van der Waals surface area contributed by atoms with Gasteiger partial charge in [0.1, 0.15) is 0 Å². The zero-order chi connectivity index (χ0) is 17.4. The molecule has 1 aromatic heterocycles. The second kappa shape index (κ2) is 5.07. The first-order chi connectivity index (χ1) is 11.4. The van der Waals surface area contributed by atoms with Crippen molar-refractivity contribution in [3.63, 3.8) is 0 Å². The molecule has 19 heavy (non-hydrogen) atoms. The maximum atomic E-state index is 8.02. The van der Waals surface area contributed by atoms with Crippen molar-refractivity contribution < 1.29 is 6.85 Å². The summed E-state index contributed by atoms with van der Waals surface area (Å²) in [5.41, 5.74) is 3.55. The zero-order valence-electron chi connectivity index (χ0n) is 15.5. The molecule has 1 heterocycles. The van der Waals surface area contributed by atoms with Crippen LogP contribution in [0.1, 0.15) is 12.4 Å². The number of aryl methyl sites for hydroxylation is 1. The average Bonchev–Trinajstić information content (AvgIpc) is 2.59. The molecule has 1 heteroatoms. The van der Waals surface area contributed by atoms with E-state index >= 15 is 0 Å². The van der Waals surface area contributed by atoms with Crippen molar-refractivity contribution >= 4 is 0 Å². The van der Waals surface area contributed by atoms with Crippen molar-refractivity contribution in [2.75, 3.05) is 0 Å². The minimum atomic E-state index is -0.391. The van der Waals surface area contributed by atoms with Crippen molar-refractivity contribution in [1.29, 1.82) is 0 Å². The summed E-state index contributed by atoms with van der Waals surface area (Å²) in [7, 11) is 0. The van der Waals surface area contributed by atoms with Gasteiger partial charge in [0.2, 0.25) is 0 Å². The standard InChI is InChI=1S/C18H15N/c1-14-6-5-9-16(12-14)18-11-10-17(13-19-18)15-7-3-2-4-8-15/h2-13H,1H3/i2D,3D,4D,7D,8D. The number of pyridine rings is 1. The van der Waals surface area contributed by atoms with Crippen LogP contribution in [0.25, 0.3) is 22.4 Å². The predicted octanol–water partition coefficient (Wildman–Crippen LogP) is 4.72. The first kappa shape index (κ1) is 7.25. The summed E-state index contributed by atoms with van der Waals surface area (Å²) in [4.78, 5) is 4.39. The summed E-state index contributed by atoms with van der Waals surface area (Å²) in [5, 5.41) is 0. The molecule has 0 fully saturated rings. The van der Waals surface area contributed by atoms with E-state index in [1.165, 1.54) is 0 Å². The van der Waals surface area contributed by atoms with Crippen molar-refractivity contribution in [2.45, 2.75) is 6.92 Å². The molecule has 0 saturated heterocycles. The molecule has 3 rings (SSSR count). The van der Waals surface area contributed by atoms with E-state index < -0.39 is 6.04 Å². The van der Waals surface area contributed by atoms with Gasteiger partial charge in [-0.2, -0.15) is 0 Å². The van der Waals surface area contributed by atoms with Gasteiger partial charge in [0, 0.05) is 17.3 Å². The van der Waals surface area contributed by atoms with Crippen LogP contribution < -0.4 is 0 Å². The third-order valence-electron chi connectivity index (χ3n) is 2.87. The molecular weight excluding hydrogens is 230 g/mol. The molecule has 3 aromatic rings. The molecule has 0 radical (unpaired) electrons. The van der Waals surface area contributed by atoms with E-state index in [4.69, 9.17) is 6.85 Å². The van der Waals surface area contributed by atoms with Gasteiger partial charge in [-0.15, -0.1) is 0 Å². The fourth-order valence-electron chi connectivity index (χ4n) is 1.91. The van der Waals surface area contributed by atoms with Gasteiger partial charge >= 0.3 is 0 Å². The van der Waals surface area contributed by atoms with Crippen molar-refractivity contribution in [1.82, 2.24) is 4.98 Å². The second-order valence-electron chi connectivity index (χ2n) is 4.30. The van der Waals surface area contributed by atoms with E-state index in [0.29, 0.717) is 5.56 Å². The molecule has 0 saturated carbocycles. The molecule has 0 aliphatic rings. The van der Waals surface area contributed by atoms with Crippen LogP contribution in [0, 0.1) is 6.92 Å². The number of benzene rings is 2. The Morgan fingerprint density at radius 1 is 0.895 bits per heavy atom. The SMILES string of the molecule is [2H]c1c([2H])c([2H])c(-c2ccc(-c3cccc(C)c3)nc2)c([2H])c1[2H]. The molecule has 0 bridgehead atoms. The smallest absolute Gasteiger partial charge is 0.0702 e. The molecule has 0 spiro atoms. The van der Waals surface area contributed by atoms with E-state index in [1.54, 1.807) is 18.3 Å². The van der Waals surface area contributed by atoms with E-state index in [9.17, 15) is 0 Å². The normalized spacial score (nSPS) is 14.1. The topological polar surface area (TPSA) is 12.9 Å². The number of hydrogen-bond donors (Lipinski definition) is 0. The highest BCUT2D eigenvalue weighted by atomic mass is 14.7. The summed E-state index contributed by atoms with van der Waals surface area (Å²) >= 11 is 0. The minimum Gasteiger partial charge on any atom is -0.256 e. The first-order valence-corrected chi connectivity index (χ1v) is 6.00. The molecule has 1 nitrogen and oxygen atoms in total. The lowest BCUT2D eigenvalue weighted by atomic mass is 10.1. The lowest BCUT2D eigenvalue weighted by Crippen LogP contribution is -1.85. The summed E-state index contributed by atoms with van der Waals surface area (Å²) in [5.74, 6) is 0. The van der Waals surface area contributed by atoms with Crippen molar-refractivity contribution in [3.8, 4) is 22.4 Å². The van der Waals surface area contributed by atoms with Crippen LogP contribution in [0.15, 0.2) is 72.8 Å². The Kier molecular flexibility index (Phi) is 1.93. The quantitative estimate of drug-likeness (QED) is 0.641. The monoisotopic (exact) mass is 250 g/mol. The zero-order valence-corrected chi connectivity index (χ0v) is 10.5. The highest BCUT2D eigenvalue weighted by molar-refractivity contribution is 5.66. The Morgan fingerprint density at radius 2 is 1.74 bits per heavy atom. The molecular formula is C18H15N. The van der Waals surface area contributed by atoms with Crippen LogP contribution in [0.3, 0.4) is 0 Å². The fraction of sp³-hybridized carbons (Fsp3) is 0.0556. The maximum absolute atomic E-state index is 8.02. The highest BCUT2D eigenvalue weighted by Gasteiger charge is 2.01. The van der Waals surface area contributed by atoms with Gasteiger partial charge in [-0.1, -0.05) is 60.0 Å². The lowest BCUT2D eigenvalue weighted by molar-refractivity contribution is 1.32. The van der Waals surface area contributed by atoms with Crippen LogP contribution in [0.2, 0.25) is 0 Å². The summed E-state index contributed by atoms with van der Waals surface area (Å²) in [6.07, 6.45) is 1.55. The van der Waals surface area contributed by atoms with Gasteiger partial charge in [-0.3, -0.25) is 4.98 Å². The number of rotatable bonds is 2. The molecule has 0 aliphatic carbocycles. The summed E-state index contributed by atoms with van der Waals surface area (Å²) < 4.78 is 39.2. The molecule has 0 N–H and O–H groups in total. The van der Waals surface area contributed by atoms with E-state index in [1.807, 2.05) is 31.2 Å². The van der Waals surface area contributed by atoms with Crippen LogP contribution in [0.5, 0.6) is 0 Å². The van der Waals surface area contributed by atoms with Crippen molar-refractivity contribution in [3.05, 3.63) is 78.4 Å². The van der Waals surface area contributed by atoms with Gasteiger partial charge in [0.25, 0.3) is 0 Å². The van der Waals surface area contributed by atoms with Gasteiger partial charge in [0.05, 0.1) is 12.5 Å². The van der Waals surface area contributed by atoms with Crippen LogP contribution in [0.4, 0.5) is 0 Å². The largest absolute Gasteiger partial charge is 0.256 e. The molecule has 0 atom stereocenters. The van der Waals surface area contributed by atoms with E-state index in [2.05, 4.69) is 4.98 Å². The van der Waals surface area contributed by atoms with Crippen LogP contribution >= 0.6 is 0 Å². The Hall–Kier alpha value is -2.41. The van der Waals surface area contributed by atoms with Gasteiger partial charge in [0.15, 0.2) is 0 Å². The molecule has 92 valence electrons. The molecule has 0 amide bonds. The number of hydrogen-bond acceptors (Lipinski definition) is 1. The summed E-state index contributed by atoms with van der Waals surface area (Å²) in [6, 6.07) is 9.97. The fourth-order valence-corrected chi connectivity index (χ4v) is 1.91. The third-order valence-corrected chi connectivity index (χ3v) is 2.87. The summed E-state index contributed by atoms with van der Waals surface area (Å²) in [6.45, 7) is 2.00. The Labute approximate surface area is 120 Å². The Bertz CT molecular complexity index is 890.